The third-order valence-corrected chi connectivity index (χ3v) is 0.910. The molecule has 0 aliphatic heterocycles. The van der Waals surface area contributed by atoms with Gasteiger partial charge in [0.05, 0.1) is 0 Å². The van der Waals surface area contributed by atoms with Crippen molar-refractivity contribution in [1.82, 2.24) is 4.98 Å². The molecule has 0 fully saturated rings. The summed E-state index contributed by atoms with van der Waals surface area (Å²) in [5, 5.41) is 8.18. The number of rotatable bonds is 1. The summed E-state index contributed by atoms with van der Waals surface area (Å²) < 4.78 is 12.2. The smallest absolute Gasteiger partial charge is 0.355 e. The Morgan fingerprint density at radius 1 is 1.78 bits per heavy atom. The highest BCUT2D eigenvalue weighted by molar-refractivity contribution is 5.85. The summed E-state index contributed by atoms with van der Waals surface area (Å²) in [5.74, 6) is -2.01. The molecule has 1 aromatic rings. The number of hydrogen-bond donors (Lipinski definition) is 2. The quantitative estimate of drug-likeness (QED) is 0.590. The lowest BCUT2D eigenvalue weighted by atomic mass is 10.4. The van der Waals surface area contributed by atoms with Gasteiger partial charge in [-0.05, 0) is 6.07 Å². The van der Waals surface area contributed by atoms with Crippen molar-refractivity contribution in [2.24, 2.45) is 0 Å². The molecule has 1 heterocycles. The lowest BCUT2D eigenvalue weighted by molar-refractivity contribution is 0.0686. The van der Waals surface area contributed by atoms with Crippen LogP contribution in [-0.2, 0) is 0 Å². The van der Waals surface area contributed by atoms with E-state index in [2.05, 4.69) is 4.98 Å². The summed E-state index contributed by atoms with van der Waals surface area (Å²) in [7, 11) is 0. The minimum atomic E-state index is -1.28. The van der Waals surface area contributed by atoms with Gasteiger partial charge in [0.1, 0.15) is 0 Å². The van der Waals surface area contributed by atoms with Crippen LogP contribution in [0.3, 0.4) is 0 Å². The largest absolute Gasteiger partial charge is 0.476 e. The Hall–Kier alpha value is -1.32. The van der Waals surface area contributed by atoms with Gasteiger partial charge in [-0.15, -0.1) is 0 Å². The van der Waals surface area contributed by atoms with Crippen LogP contribution in [0.25, 0.3) is 0 Å². The fourth-order valence-corrected chi connectivity index (χ4v) is 0.514. The van der Waals surface area contributed by atoms with E-state index in [4.69, 9.17) is 5.11 Å². The van der Waals surface area contributed by atoms with Crippen LogP contribution in [0.4, 0.5) is 4.39 Å². The van der Waals surface area contributed by atoms with Gasteiger partial charge in [-0.25, -0.2) is 9.18 Å². The molecule has 1 rings (SSSR count). The number of halogens is 1. The summed E-state index contributed by atoms with van der Waals surface area (Å²) in [6.45, 7) is 0. The van der Waals surface area contributed by atoms with Crippen LogP contribution < -0.4 is 0 Å². The Labute approximate surface area is 50.1 Å². The lowest BCUT2D eigenvalue weighted by Gasteiger charge is -1.84. The van der Waals surface area contributed by atoms with Crippen molar-refractivity contribution < 1.29 is 14.3 Å². The molecule has 9 heavy (non-hydrogen) atoms. The van der Waals surface area contributed by atoms with Crippen LogP contribution in [0.5, 0.6) is 0 Å². The lowest BCUT2D eigenvalue weighted by Crippen LogP contribution is -1.98. The van der Waals surface area contributed by atoms with Gasteiger partial charge in [-0.1, -0.05) is 0 Å². The van der Waals surface area contributed by atoms with Crippen LogP contribution in [0.1, 0.15) is 10.5 Å². The first-order valence-corrected chi connectivity index (χ1v) is 2.28. The molecule has 48 valence electrons. The third kappa shape index (κ3) is 0.910. The van der Waals surface area contributed by atoms with Crippen molar-refractivity contribution in [3.63, 3.8) is 0 Å². The Balaban J connectivity index is 3.08. The van der Waals surface area contributed by atoms with Gasteiger partial charge in [0.2, 0.25) is 0 Å². The summed E-state index contributed by atoms with van der Waals surface area (Å²) in [6.07, 6.45) is 1.23. The fraction of sp³-hybridized carbons (Fsp3) is 0. The highest BCUT2D eigenvalue weighted by Crippen LogP contribution is 2.01. The number of aromatic nitrogens is 1. The van der Waals surface area contributed by atoms with Gasteiger partial charge in [0, 0.05) is 6.20 Å². The van der Waals surface area contributed by atoms with Crippen LogP contribution >= 0.6 is 0 Å². The highest BCUT2D eigenvalue weighted by atomic mass is 19.1. The van der Waals surface area contributed by atoms with E-state index < -0.39 is 17.5 Å². The zero-order chi connectivity index (χ0) is 6.85. The van der Waals surface area contributed by atoms with E-state index in [1.807, 2.05) is 0 Å². The molecule has 0 bridgehead atoms. The summed E-state index contributed by atoms with van der Waals surface area (Å²) >= 11 is 0. The molecule has 0 unspecified atom stereocenters. The number of H-pyrrole nitrogens is 1. The second-order valence-electron chi connectivity index (χ2n) is 1.51. The first-order valence-electron chi connectivity index (χ1n) is 2.28. The molecule has 1 aromatic heterocycles. The van der Waals surface area contributed by atoms with Gasteiger partial charge in [-0.2, -0.15) is 0 Å². The standard InChI is InChI=1S/C5H4FNO2/c6-3-1-2-7-4(3)5(8)9/h1-2,7H,(H,8,9). The van der Waals surface area contributed by atoms with E-state index in [1.54, 1.807) is 0 Å². The number of aromatic amines is 1. The molecule has 0 radical (unpaired) electrons. The average Bonchev–Trinajstić information content (AvgIpc) is 2.13. The SMILES string of the molecule is O=C(O)c1[nH]ccc1F. The van der Waals surface area contributed by atoms with Crippen LogP contribution in [0.2, 0.25) is 0 Å². The van der Waals surface area contributed by atoms with Crippen LogP contribution in [-0.4, -0.2) is 16.1 Å². The average molecular weight is 129 g/mol. The molecular weight excluding hydrogens is 125 g/mol. The Kier molecular flexibility index (Phi) is 1.22. The van der Waals surface area contributed by atoms with Crippen molar-refractivity contribution in [3.05, 3.63) is 23.8 Å². The second kappa shape index (κ2) is 1.89. The molecular formula is C5H4FNO2. The Morgan fingerprint density at radius 2 is 2.44 bits per heavy atom. The molecule has 2 N–H and O–H groups in total. The van der Waals surface area contributed by atoms with E-state index in [-0.39, 0.29) is 0 Å². The molecule has 0 aliphatic carbocycles. The van der Waals surface area contributed by atoms with Crippen LogP contribution in [0, 0.1) is 5.82 Å². The number of aromatic carboxylic acids is 1. The van der Waals surface area contributed by atoms with Crippen molar-refractivity contribution in [1.29, 1.82) is 0 Å². The number of carbonyl (C=O) groups is 1. The van der Waals surface area contributed by atoms with E-state index in [0.29, 0.717) is 0 Å². The molecule has 0 amide bonds. The Bertz CT molecular complexity index is 231. The molecule has 0 atom stereocenters. The number of carboxylic acids is 1. The van der Waals surface area contributed by atoms with Gasteiger partial charge < -0.3 is 10.1 Å². The Morgan fingerprint density at radius 3 is 2.67 bits per heavy atom. The topological polar surface area (TPSA) is 53.1 Å². The normalized spacial score (nSPS) is 9.44. The summed E-state index contributed by atoms with van der Waals surface area (Å²) in [6, 6.07) is 1.06. The molecule has 4 heteroatoms. The molecule has 0 spiro atoms. The minimum Gasteiger partial charge on any atom is -0.476 e. The molecule has 0 aromatic carbocycles. The summed E-state index contributed by atoms with van der Waals surface area (Å²) in [5.41, 5.74) is -0.394. The van der Waals surface area contributed by atoms with Gasteiger partial charge in [0.15, 0.2) is 11.5 Å². The van der Waals surface area contributed by atoms with Crippen molar-refractivity contribution >= 4 is 5.97 Å². The maximum atomic E-state index is 12.2. The maximum Gasteiger partial charge on any atom is 0.355 e. The van der Waals surface area contributed by atoms with Gasteiger partial charge in [-0.3, -0.25) is 0 Å². The second-order valence-corrected chi connectivity index (χ2v) is 1.51. The first-order chi connectivity index (χ1) is 4.22. The third-order valence-electron chi connectivity index (χ3n) is 0.910. The number of hydrogen-bond acceptors (Lipinski definition) is 1. The minimum absolute atomic E-state index is 0.394. The first kappa shape index (κ1) is 5.81. The van der Waals surface area contributed by atoms with Gasteiger partial charge in [0.25, 0.3) is 0 Å². The zero-order valence-electron chi connectivity index (χ0n) is 4.39. The molecule has 0 saturated carbocycles. The summed E-state index contributed by atoms with van der Waals surface area (Å²) in [4.78, 5) is 12.2. The zero-order valence-corrected chi connectivity index (χ0v) is 4.39. The van der Waals surface area contributed by atoms with Crippen molar-refractivity contribution in [3.8, 4) is 0 Å². The van der Waals surface area contributed by atoms with Gasteiger partial charge >= 0.3 is 5.97 Å². The molecule has 0 aliphatic rings. The maximum absolute atomic E-state index is 12.2. The number of carboxylic acid groups (broad SMARTS) is 1. The predicted molar refractivity (Wildman–Crippen MR) is 27.7 cm³/mol. The van der Waals surface area contributed by atoms with E-state index in [0.717, 1.165) is 6.07 Å². The highest BCUT2D eigenvalue weighted by Gasteiger charge is 2.08. The van der Waals surface area contributed by atoms with Crippen LogP contribution in [0.15, 0.2) is 12.3 Å². The fourth-order valence-electron chi connectivity index (χ4n) is 0.514. The van der Waals surface area contributed by atoms with E-state index in [9.17, 15) is 9.18 Å². The molecule has 0 saturated heterocycles. The van der Waals surface area contributed by atoms with E-state index in [1.165, 1.54) is 6.20 Å². The predicted octanol–water partition coefficient (Wildman–Crippen LogP) is 0.852. The van der Waals surface area contributed by atoms with Crippen molar-refractivity contribution in [2.45, 2.75) is 0 Å². The van der Waals surface area contributed by atoms with E-state index >= 15 is 0 Å². The number of nitrogens with one attached hydrogen (secondary N) is 1. The monoisotopic (exact) mass is 129 g/mol. The van der Waals surface area contributed by atoms with Crippen molar-refractivity contribution in [2.75, 3.05) is 0 Å². The molecule has 3 nitrogen and oxygen atoms in total.